The van der Waals surface area contributed by atoms with E-state index in [0.29, 0.717) is 0 Å². The van der Waals surface area contributed by atoms with Crippen LogP contribution in [-0.4, -0.2) is 17.6 Å². The highest BCUT2D eigenvalue weighted by atomic mass is 19.2. The van der Waals surface area contributed by atoms with Gasteiger partial charge >= 0.3 is 0 Å². The van der Waals surface area contributed by atoms with Crippen LogP contribution in [0, 0.1) is 34.9 Å². The molecule has 1 amide bonds. The molecule has 1 atom stereocenters. The Bertz CT molecular complexity index is 750. The van der Waals surface area contributed by atoms with Crippen molar-refractivity contribution in [1.82, 2.24) is 5.32 Å². The number of carbonyl (C=O) groups excluding carboxylic acids is 1. The van der Waals surface area contributed by atoms with E-state index in [9.17, 15) is 36.2 Å². The van der Waals surface area contributed by atoms with Gasteiger partial charge in [-0.05, 0) is 12.1 Å². The zero-order valence-electron chi connectivity index (χ0n) is 11.7. The first-order valence-electron chi connectivity index (χ1n) is 6.47. The van der Waals surface area contributed by atoms with Crippen LogP contribution in [0.15, 0.2) is 24.3 Å². The number of benzene rings is 2. The molecule has 0 bridgehead atoms. The lowest BCUT2D eigenvalue weighted by molar-refractivity contribution is 0.0900. The van der Waals surface area contributed by atoms with Crippen molar-refractivity contribution in [3.63, 3.8) is 0 Å². The van der Waals surface area contributed by atoms with E-state index in [1.165, 1.54) is 0 Å². The van der Waals surface area contributed by atoms with Gasteiger partial charge in [-0.25, -0.2) is 26.3 Å². The van der Waals surface area contributed by atoms with E-state index in [1.54, 1.807) is 5.32 Å². The quantitative estimate of drug-likeness (QED) is 0.659. The molecule has 0 saturated heterocycles. The maximum absolute atomic E-state index is 13.5. The van der Waals surface area contributed by atoms with Crippen LogP contribution in [-0.2, 0) is 0 Å². The van der Waals surface area contributed by atoms with Crippen LogP contribution in [0.1, 0.15) is 22.0 Å². The second kappa shape index (κ2) is 6.91. The predicted molar refractivity (Wildman–Crippen MR) is 69.9 cm³/mol. The number of hydrogen-bond donors (Lipinski definition) is 2. The minimum absolute atomic E-state index is 0.0784. The Morgan fingerprint density at radius 3 is 1.96 bits per heavy atom. The third-order valence-corrected chi connectivity index (χ3v) is 3.13. The Morgan fingerprint density at radius 2 is 1.46 bits per heavy atom. The molecule has 0 aliphatic rings. The summed E-state index contributed by atoms with van der Waals surface area (Å²) in [5.41, 5.74) is -2.32. The number of amides is 1. The van der Waals surface area contributed by atoms with Crippen molar-refractivity contribution < 1.29 is 36.2 Å². The monoisotopic (exact) mass is 349 g/mol. The fourth-order valence-corrected chi connectivity index (χ4v) is 1.98. The van der Waals surface area contributed by atoms with E-state index in [0.717, 1.165) is 18.2 Å². The minimum Gasteiger partial charge on any atom is -0.386 e. The Kier molecular flexibility index (Phi) is 5.13. The molecule has 3 nitrogen and oxygen atoms in total. The molecule has 2 N–H and O–H groups in total. The standard InChI is InChI=1S/C15H9F6NO2/c16-6-2-1-3-7(17)11(6)10(23)5-22-15(24)12-13(20)8(18)4-9(19)14(12)21/h1-4,10,23H,5H2,(H,22,24). The largest absolute Gasteiger partial charge is 0.386 e. The summed E-state index contributed by atoms with van der Waals surface area (Å²) in [4.78, 5) is 11.7. The number of hydrogen-bond acceptors (Lipinski definition) is 2. The molecule has 2 aromatic rings. The van der Waals surface area contributed by atoms with Crippen molar-refractivity contribution in [2.24, 2.45) is 0 Å². The molecule has 24 heavy (non-hydrogen) atoms. The number of rotatable bonds is 4. The Balaban J connectivity index is 2.20. The first-order valence-corrected chi connectivity index (χ1v) is 6.47. The van der Waals surface area contributed by atoms with Gasteiger partial charge in [0.25, 0.3) is 5.91 Å². The summed E-state index contributed by atoms with van der Waals surface area (Å²) >= 11 is 0. The van der Waals surface area contributed by atoms with Crippen LogP contribution >= 0.6 is 0 Å². The maximum Gasteiger partial charge on any atom is 0.257 e. The highest BCUT2D eigenvalue weighted by Gasteiger charge is 2.26. The van der Waals surface area contributed by atoms with E-state index in [-0.39, 0.29) is 6.07 Å². The number of nitrogens with one attached hydrogen (secondary N) is 1. The first kappa shape index (κ1) is 17.8. The third kappa shape index (κ3) is 3.35. The van der Waals surface area contributed by atoms with Gasteiger partial charge in [0.2, 0.25) is 0 Å². The van der Waals surface area contributed by atoms with Crippen molar-refractivity contribution in [1.29, 1.82) is 0 Å². The molecule has 9 heteroatoms. The van der Waals surface area contributed by atoms with Crippen LogP contribution in [0.5, 0.6) is 0 Å². The Hall–Kier alpha value is -2.55. The van der Waals surface area contributed by atoms with Crippen molar-refractivity contribution in [3.8, 4) is 0 Å². The molecular weight excluding hydrogens is 340 g/mol. The zero-order valence-corrected chi connectivity index (χ0v) is 11.7. The highest BCUT2D eigenvalue weighted by molar-refractivity contribution is 5.94. The lowest BCUT2D eigenvalue weighted by Crippen LogP contribution is -2.31. The number of halogens is 6. The molecule has 0 spiro atoms. The molecule has 1 unspecified atom stereocenters. The smallest absolute Gasteiger partial charge is 0.257 e. The van der Waals surface area contributed by atoms with E-state index in [1.807, 2.05) is 0 Å². The van der Waals surface area contributed by atoms with Crippen LogP contribution in [0.4, 0.5) is 26.3 Å². The first-order chi connectivity index (χ1) is 11.2. The molecule has 0 fully saturated rings. The summed E-state index contributed by atoms with van der Waals surface area (Å²) in [6.07, 6.45) is -1.89. The van der Waals surface area contributed by atoms with Crippen LogP contribution < -0.4 is 5.32 Å². The fourth-order valence-electron chi connectivity index (χ4n) is 1.98. The molecule has 0 aliphatic heterocycles. The van der Waals surface area contributed by atoms with Gasteiger partial charge in [0.05, 0.1) is 5.56 Å². The Morgan fingerprint density at radius 1 is 0.958 bits per heavy atom. The van der Waals surface area contributed by atoms with Gasteiger partial charge in [0, 0.05) is 12.6 Å². The van der Waals surface area contributed by atoms with Crippen molar-refractivity contribution in [3.05, 3.63) is 70.3 Å². The number of aliphatic hydroxyl groups is 1. The molecule has 128 valence electrons. The van der Waals surface area contributed by atoms with Crippen molar-refractivity contribution in [2.45, 2.75) is 6.10 Å². The van der Waals surface area contributed by atoms with Crippen LogP contribution in [0.25, 0.3) is 0 Å². The van der Waals surface area contributed by atoms with E-state index in [2.05, 4.69) is 0 Å². The molecule has 0 heterocycles. The topological polar surface area (TPSA) is 49.3 Å². The second-order valence-corrected chi connectivity index (χ2v) is 4.70. The number of aliphatic hydroxyl groups excluding tert-OH is 1. The van der Waals surface area contributed by atoms with Crippen molar-refractivity contribution >= 4 is 5.91 Å². The zero-order chi connectivity index (χ0) is 18.0. The highest BCUT2D eigenvalue weighted by Crippen LogP contribution is 2.21. The minimum atomic E-state index is -1.93. The van der Waals surface area contributed by atoms with Gasteiger partial charge in [0.1, 0.15) is 23.3 Å². The predicted octanol–water partition coefficient (Wildman–Crippen LogP) is 2.98. The van der Waals surface area contributed by atoms with Crippen LogP contribution in [0.2, 0.25) is 0 Å². The summed E-state index contributed by atoms with van der Waals surface area (Å²) in [7, 11) is 0. The molecule has 2 rings (SSSR count). The summed E-state index contributed by atoms with van der Waals surface area (Å²) in [5, 5.41) is 11.4. The third-order valence-electron chi connectivity index (χ3n) is 3.13. The Labute approximate surface area is 131 Å². The SMILES string of the molecule is O=C(NCC(O)c1c(F)cccc1F)c1c(F)c(F)cc(F)c1F. The molecule has 0 aromatic heterocycles. The van der Waals surface area contributed by atoms with Gasteiger partial charge in [-0.3, -0.25) is 4.79 Å². The fraction of sp³-hybridized carbons (Fsp3) is 0.133. The summed E-state index contributed by atoms with van der Waals surface area (Å²) in [6.45, 7) is -0.853. The van der Waals surface area contributed by atoms with Crippen molar-refractivity contribution in [2.75, 3.05) is 6.54 Å². The lowest BCUT2D eigenvalue weighted by Gasteiger charge is -2.14. The maximum atomic E-state index is 13.5. The van der Waals surface area contributed by atoms with E-state index in [4.69, 9.17) is 0 Å². The average Bonchev–Trinajstić information content (AvgIpc) is 2.51. The lowest BCUT2D eigenvalue weighted by atomic mass is 10.1. The molecular formula is C15H9F6NO2. The second-order valence-electron chi connectivity index (χ2n) is 4.70. The molecule has 0 aliphatic carbocycles. The average molecular weight is 349 g/mol. The molecule has 2 aromatic carbocycles. The van der Waals surface area contributed by atoms with Gasteiger partial charge in [-0.2, -0.15) is 0 Å². The molecule has 0 saturated carbocycles. The van der Waals surface area contributed by atoms with Gasteiger partial charge in [-0.1, -0.05) is 6.07 Å². The van der Waals surface area contributed by atoms with E-state index < -0.39 is 64.6 Å². The van der Waals surface area contributed by atoms with Gasteiger partial charge in [0.15, 0.2) is 23.3 Å². The molecule has 0 radical (unpaired) electrons. The van der Waals surface area contributed by atoms with Gasteiger partial charge < -0.3 is 10.4 Å². The summed E-state index contributed by atoms with van der Waals surface area (Å²) in [5.74, 6) is -11.3. The summed E-state index contributed by atoms with van der Waals surface area (Å²) in [6, 6.07) is 2.67. The van der Waals surface area contributed by atoms with Gasteiger partial charge in [-0.15, -0.1) is 0 Å². The normalized spacial score (nSPS) is 12.1. The number of carbonyl (C=O) groups is 1. The summed E-state index contributed by atoms with van der Waals surface area (Å²) < 4.78 is 79.9. The van der Waals surface area contributed by atoms with E-state index >= 15 is 0 Å². The van der Waals surface area contributed by atoms with Crippen LogP contribution in [0.3, 0.4) is 0 Å².